The fourth-order valence-electron chi connectivity index (χ4n) is 4.89. The molecule has 0 saturated heterocycles. The minimum atomic E-state index is -0.656. The van der Waals surface area contributed by atoms with E-state index >= 15 is 0 Å². The lowest BCUT2D eigenvalue weighted by Crippen LogP contribution is -2.21. The van der Waals surface area contributed by atoms with Crippen molar-refractivity contribution in [3.05, 3.63) is 72.9 Å². The number of aryl methyl sites for hydroxylation is 2. The van der Waals surface area contributed by atoms with E-state index in [0.717, 1.165) is 33.5 Å². The monoisotopic (exact) mass is 456 g/mol. The molecule has 9 nitrogen and oxygen atoms in total. The van der Waals surface area contributed by atoms with E-state index in [9.17, 15) is 4.79 Å². The molecule has 0 N–H and O–H groups in total. The third kappa shape index (κ3) is 3.53. The second-order valence-corrected chi connectivity index (χ2v) is 8.78. The molecule has 0 saturated carbocycles. The van der Waals surface area contributed by atoms with Crippen LogP contribution in [-0.4, -0.2) is 47.4 Å². The van der Waals surface area contributed by atoms with E-state index in [1.807, 2.05) is 62.7 Å². The number of aromatic nitrogens is 6. The van der Waals surface area contributed by atoms with Crippen molar-refractivity contribution in [1.82, 2.24) is 29.1 Å². The molecule has 0 bridgehead atoms. The molecule has 0 spiro atoms. The second-order valence-electron chi connectivity index (χ2n) is 8.78. The van der Waals surface area contributed by atoms with Crippen LogP contribution in [0.2, 0.25) is 0 Å². The molecule has 2 aliphatic rings. The van der Waals surface area contributed by atoms with Crippen LogP contribution >= 0.6 is 0 Å². The molecule has 4 atom stereocenters. The van der Waals surface area contributed by atoms with Crippen molar-refractivity contribution in [3.63, 3.8) is 0 Å². The van der Waals surface area contributed by atoms with E-state index in [1.54, 1.807) is 12.7 Å². The Labute approximate surface area is 195 Å². The van der Waals surface area contributed by atoms with Crippen molar-refractivity contribution < 1.29 is 14.3 Å². The first-order valence-electron chi connectivity index (χ1n) is 11.4. The highest BCUT2D eigenvalue weighted by molar-refractivity contribution is 5.79. The average Bonchev–Trinajstić information content (AvgIpc) is 3.60. The topological polar surface area (TPSA) is 96.9 Å². The molecule has 0 aromatic carbocycles. The first-order valence-corrected chi connectivity index (χ1v) is 11.4. The summed E-state index contributed by atoms with van der Waals surface area (Å²) in [7, 11) is 0. The SMILES string of the molecule is Cc1ncnc2c1ccn2[C@H]1C=C[C@@H](OC(=O)O[C@@H]2C=C[C@H](n3ccc4c(C)ncnc43)C2)C1. The molecular formula is C25H24N6O3. The standard InChI is InChI=1S/C25H24N6O3/c1-15-21-7-9-30(23(21)28-13-26-15)17-3-5-19(11-17)33-25(32)34-20-6-4-18(12-20)31-10-8-22-16(2)27-14-29-24(22)31/h3-10,13-14,17-20H,11-12H2,1-2H3/t17-,18-,19+,20+/m0/s1. The smallest absolute Gasteiger partial charge is 0.427 e. The number of ether oxygens (including phenoxy) is 2. The van der Waals surface area contributed by atoms with Crippen LogP contribution in [0.25, 0.3) is 22.1 Å². The third-order valence-electron chi connectivity index (χ3n) is 6.67. The van der Waals surface area contributed by atoms with Crippen LogP contribution in [0.3, 0.4) is 0 Å². The molecule has 34 heavy (non-hydrogen) atoms. The molecule has 0 fully saturated rings. The maximum Gasteiger partial charge on any atom is 0.509 e. The van der Waals surface area contributed by atoms with Gasteiger partial charge < -0.3 is 18.6 Å². The van der Waals surface area contributed by atoms with Crippen LogP contribution in [0.15, 0.2) is 61.5 Å². The number of carbonyl (C=O) groups is 1. The molecule has 0 radical (unpaired) electrons. The van der Waals surface area contributed by atoms with Crippen molar-refractivity contribution in [1.29, 1.82) is 0 Å². The first kappa shape index (κ1) is 20.6. The van der Waals surface area contributed by atoms with Gasteiger partial charge in [0.05, 0.1) is 23.5 Å². The third-order valence-corrected chi connectivity index (χ3v) is 6.67. The Hall–Kier alpha value is -4.01. The number of hydrogen-bond acceptors (Lipinski definition) is 7. The lowest BCUT2D eigenvalue weighted by Gasteiger charge is -2.18. The van der Waals surface area contributed by atoms with E-state index in [-0.39, 0.29) is 24.3 Å². The lowest BCUT2D eigenvalue weighted by molar-refractivity contribution is 0.0185. The molecule has 172 valence electrons. The van der Waals surface area contributed by atoms with Gasteiger partial charge in [-0.1, -0.05) is 12.2 Å². The highest BCUT2D eigenvalue weighted by atomic mass is 16.7. The van der Waals surface area contributed by atoms with Gasteiger partial charge in [-0.15, -0.1) is 0 Å². The molecule has 0 unspecified atom stereocenters. The van der Waals surface area contributed by atoms with E-state index < -0.39 is 6.16 Å². The molecule has 2 aliphatic carbocycles. The zero-order chi connectivity index (χ0) is 23.2. The summed E-state index contributed by atoms with van der Waals surface area (Å²) in [4.78, 5) is 29.8. The fourth-order valence-corrected chi connectivity index (χ4v) is 4.89. The zero-order valence-electron chi connectivity index (χ0n) is 18.9. The van der Waals surface area contributed by atoms with Crippen molar-refractivity contribution >= 4 is 28.2 Å². The van der Waals surface area contributed by atoms with Crippen LogP contribution in [0.4, 0.5) is 4.79 Å². The van der Waals surface area contributed by atoms with Gasteiger partial charge in [0.2, 0.25) is 0 Å². The number of allylic oxidation sites excluding steroid dienone is 2. The summed E-state index contributed by atoms with van der Waals surface area (Å²) >= 11 is 0. The van der Waals surface area contributed by atoms with Gasteiger partial charge in [0.1, 0.15) is 36.2 Å². The fraction of sp³-hybridized carbons (Fsp3) is 0.320. The van der Waals surface area contributed by atoms with Crippen LogP contribution < -0.4 is 0 Å². The molecule has 4 heterocycles. The molecule has 0 amide bonds. The summed E-state index contributed by atoms with van der Waals surface area (Å²) in [6.45, 7) is 3.94. The molecule has 4 aromatic heterocycles. The van der Waals surface area contributed by atoms with Crippen molar-refractivity contribution in [2.24, 2.45) is 0 Å². The van der Waals surface area contributed by atoms with E-state index in [4.69, 9.17) is 9.47 Å². The van der Waals surface area contributed by atoms with Gasteiger partial charge in [0.25, 0.3) is 0 Å². The molecular weight excluding hydrogens is 432 g/mol. The summed E-state index contributed by atoms with van der Waals surface area (Å²) in [5, 5.41) is 2.05. The summed E-state index contributed by atoms with van der Waals surface area (Å²) in [5.74, 6) is 0. The Balaban J connectivity index is 1.06. The van der Waals surface area contributed by atoms with Gasteiger partial charge in [0.15, 0.2) is 0 Å². The van der Waals surface area contributed by atoms with Crippen molar-refractivity contribution in [2.75, 3.05) is 0 Å². The van der Waals surface area contributed by atoms with Gasteiger partial charge in [-0.2, -0.15) is 0 Å². The Bertz CT molecular complexity index is 1340. The number of hydrogen-bond donors (Lipinski definition) is 0. The summed E-state index contributed by atoms with van der Waals surface area (Å²) in [6.07, 6.45) is 15.0. The Morgan fingerprint density at radius 3 is 1.71 bits per heavy atom. The summed E-state index contributed by atoms with van der Waals surface area (Å²) < 4.78 is 15.4. The molecule has 6 rings (SSSR count). The van der Waals surface area contributed by atoms with Crippen molar-refractivity contribution in [3.8, 4) is 0 Å². The van der Waals surface area contributed by atoms with Gasteiger partial charge in [0, 0.05) is 36.0 Å². The number of rotatable bonds is 4. The van der Waals surface area contributed by atoms with E-state index in [1.165, 1.54) is 0 Å². The minimum absolute atomic E-state index is 0.0628. The van der Waals surface area contributed by atoms with Gasteiger partial charge >= 0.3 is 6.16 Å². The Morgan fingerprint density at radius 2 is 1.24 bits per heavy atom. The van der Waals surface area contributed by atoms with Crippen LogP contribution in [0.5, 0.6) is 0 Å². The number of nitrogens with zero attached hydrogens (tertiary/aromatic N) is 6. The Kier molecular flexibility index (Phi) is 4.90. The highest BCUT2D eigenvalue weighted by Crippen LogP contribution is 2.31. The Morgan fingerprint density at radius 1 is 0.765 bits per heavy atom. The predicted molar refractivity (Wildman–Crippen MR) is 125 cm³/mol. The maximum atomic E-state index is 12.5. The lowest BCUT2D eigenvalue weighted by atomic mass is 10.2. The highest BCUT2D eigenvalue weighted by Gasteiger charge is 2.29. The van der Waals surface area contributed by atoms with Crippen LogP contribution in [0, 0.1) is 13.8 Å². The predicted octanol–water partition coefficient (Wildman–Crippen LogP) is 4.39. The van der Waals surface area contributed by atoms with Gasteiger partial charge in [-0.3, -0.25) is 0 Å². The normalized spacial score (nSPS) is 23.8. The van der Waals surface area contributed by atoms with Crippen LogP contribution in [-0.2, 0) is 9.47 Å². The largest absolute Gasteiger partial charge is 0.509 e. The number of carbonyl (C=O) groups excluding carboxylic acids is 1. The van der Waals surface area contributed by atoms with Gasteiger partial charge in [-0.05, 0) is 38.1 Å². The van der Waals surface area contributed by atoms with E-state index in [0.29, 0.717) is 12.8 Å². The maximum absolute atomic E-state index is 12.5. The van der Waals surface area contributed by atoms with Crippen molar-refractivity contribution in [2.45, 2.75) is 51.0 Å². The second kappa shape index (κ2) is 8.09. The molecule has 0 aliphatic heterocycles. The first-order chi connectivity index (χ1) is 16.6. The molecule has 9 heteroatoms. The average molecular weight is 457 g/mol. The zero-order valence-corrected chi connectivity index (χ0v) is 18.9. The quantitative estimate of drug-likeness (QED) is 0.332. The van der Waals surface area contributed by atoms with Gasteiger partial charge in [-0.25, -0.2) is 24.7 Å². The summed E-state index contributed by atoms with van der Waals surface area (Å²) in [6, 6.07) is 4.16. The summed E-state index contributed by atoms with van der Waals surface area (Å²) in [5.41, 5.74) is 3.65. The molecule has 4 aromatic rings. The minimum Gasteiger partial charge on any atom is -0.427 e. The number of fused-ring (bicyclic) bond motifs is 2. The van der Waals surface area contributed by atoms with E-state index in [2.05, 4.69) is 29.1 Å². The van der Waals surface area contributed by atoms with Crippen LogP contribution in [0.1, 0.15) is 36.3 Å².